The zero-order valence-corrected chi connectivity index (χ0v) is 22.4. The number of benzene rings is 2. The highest BCUT2D eigenvalue weighted by Gasteiger charge is 2.50. The van der Waals surface area contributed by atoms with Crippen molar-refractivity contribution in [3.8, 4) is 0 Å². The fourth-order valence-electron chi connectivity index (χ4n) is 4.19. The van der Waals surface area contributed by atoms with E-state index in [4.69, 9.17) is 9.16 Å². The fraction of sp³-hybridized carbons (Fsp3) is 0.444. The van der Waals surface area contributed by atoms with E-state index >= 15 is 0 Å². The maximum atomic E-state index is 13.3. The van der Waals surface area contributed by atoms with Crippen molar-refractivity contribution in [3.63, 3.8) is 0 Å². The number of rotatable bonds is 10. The third-order valence-electron chi connectivity index (χ3n) is 6.00. The second-order valence-corrected chi connectivity index (χ2v) is 14.0. The Bertz CT molecular complexity index is 934. The third-order valence-corrected chi connectivity index (χ3v) is 11.0. The molecule has 0 spiro atoms. The Morgan fingerprint density at radius 1 is 1.00 bits per heavy atom. The first kappa shape index (κ1) is 28.7. The van der Waals surface area contributed by atoms with Gasteiger partial charge in [-0.15, -0.1) is 0 Å². The molecule has 0 fully saturated rings. The average Bonchev–Trinajstić information content (AvgIpc) is 2.82. The van der Waals surface area contributed by atoms with Crippen LogP contribution in [0.1, 0.15) is 48.0 Å². The molecule has 0 aliphatic carbocycles. The minimum atomic E-state index is -2.81. The topological polar surface area (TPSA) is 59.0 Å². The van der Waals surface area contributed by atoms with Gasteiger partial charge in [-0.05, 0) is 35.7 Å². The molecule has 0 bridgehead atoms. The van der Waals surface area contributed by atoms with E-state index in [9.17, 15) is 18.7 Å². The Morgan fingerprint density at radius 3 is 1.86 bits per heavy atom. The van der Waals surface area contributed by atoms with Gasteiger partial charge in [0.05, 0.1) is 6.61 Å². The summed E-state index contributed by atoms with van der Waals surface area (Å²) in [5, 5.41) is 11.8. The molecule has 8 heteroatoms. The molecule has 2 aromatic rings. The molecule has 0 aliphatic rings. The first-order valence-corrected chi connectivity index (χ1v) is 13.8. The highest BCUT2D eigenvalue weighted by molar-refractivity contribution is 6.99. The molecule has 1 atom stereocenters. The highest BCUT2D eigenvalue weighted by Crippen LogP contribution is 2.36. The number of halogens is 2. The minimum absolute atomic E-state index is 0.00139. The summed E-state index contributed by atoms with van der Waals surface area (Å²) >= 11 is 0. The van der Waals surface area contributed by atoms with Crippen molar-refractivity contribution in [2.45, 2.75) is 65.1 Å². The molecule has 35 heavy (non-hydrogen) atoms. The summed E-state index contributed by atoms with van der Waals surface area (Å²) < 4.78 is 38.3. The lowest BCUT2D eigenvalue weighted by atomic mass is 10.2. The van der Waals surface area contributed by atoms with Crippen molar-refractivity contribution in [1.82, 2.24) is 4.90 Å². The van der Waals surface area contributed by atoms with E-state index in [-0.39, 0.29) is 30.7 Å². The second-order valence-electron chi connectivity index (χ2n) is 9.72. The van der Waals surface area contributed by atoms with E-state index in [0.29, 0.717) is 0 Å². The van der Waals surface area contributed by atoms with Crippen molar-refractivity contribution >= 4 is 24.8 Å². The number of aliphatic hydroxyl groups excluding tert-OH is 1. The summed E-state index contributed by atoms with van der Waals surface area (Å²) in [4.78, 5) is 14.1. The lowest BCUT2D eigenvalue weighted by Crippen LogP contribution is -2.67. The molecule has 0 aliphatic heterocycles. The molecule has 0 aromatic heterocycles. The normalized spacial score (nSPS) is 12.9. The van der Waals surface area contributed by atoms with Gasteiger partial charge in [-0.25, -0.2) is 4.79 Å². The number of ether oxygens (including phenoxy) is 1. The van der Waals surface area contributed by atoms with E-state index in [1.807, 2.05) is 36.4 Å². The maximum absolute atomic E-state index is 13.3. The number of amides is 1. The van der Waals surface area contributed by atoms with Crippen LogP contribution in [0.15, 0.2) is 72.5 Å². The van der Waals surface area contributed by atoms with Crippen LogP contribution in [-0.4, -0.2) is 49.7 Å². The van der Waals surface area contributed by atoms with Gasteiger partial charge in [-0.3, -0.25) is 0 Å². The molecule has 1 N–H and O–H groups in total. The van der Waals surface area contributed by atoms with Crippen LogP contribution < -0.4 is 10.4 Å². The molecule has 0 saturated heterocycles. The maximum Gasteiger partial charge on any atom is 0.415 e. The lowest BCUT2D eigenvalue weighted by molar-refractivity contribution is 0.0686. The smallest absolute Gasteiger partial charge is 0.406 e. The van der Waals surface area contributed by atoms with E-state index in [2.05, 4.69) is 45.0 Å². The van der Waals surface area contributed by atoms with Gasteiger partial charge in [0.2, 0.25) is 5.76 Å². The Balaban J connectivity index is 2.35. The molecular formula is C27H37F2NO4Si. The third kappa shape index (κ3) is 6.77. The van der Waals surface area contributed by atoms with Gasteiger partial charge in [0.1, 0.15) is 6.10 Å². The van der Waals surface area contributed by atoms with E-state index < -0.39 is 32.4 Å². The Labute approximate surface area is 208 Å². The first-order valence-electron chi connectivity index (χ1n) is 11.9. The summed E-state index contributed by atoms with van der Waals surface area (Å²) in [6.07, 6.45) is -4.70. The molecule has 192 valence electrons. The van der Waals surface area contributed by atoms with Crippen LogP contribution in [-0.2, 0) is 9.16 Å². The molecule has 2 aromatic carbocycles. The van der Waals surface area contributed by atoms with E-state index in [1.54, 1.807) is 13.8 Å². The van der Waals surface area contributed by atoms with Gasteiger partial charge in [-0.2, -0.15) is 8.78 Å². The average molecular weight is 506 g/mol. The molecule has 1 unspecified atom stereocenters. The summed E-state index contributed by atoms with van der Waals surface area (Å²) in [6, 6.07) is 19.9. The van der Waals surface area contributed by atoms with Crippen LogP contribution in [0.4, 0.5) is 13.6 Å². The Morgan fingerprint density at radius 2 is 1.49 bits per heavy atom. The summed E-state index contributed by atoms with van der Waals surface area (Å²) in [6.45, 7) is 11.9. The van der Waals surface area contributed by atoms with Gasteiger partial charge in [0, 0.05) is 12.6 Å². The number of hydrogen-bond donors (Lipinski definition) is 1. The zero-order valence-electron chi connectivity index (χ0n) is 21.4. The summed E-state index contributed by atoms with van der Waals surface area (Å²) in [7, 11) is -2.81. The predicted molar refractivity (Wildman–Crippen MR) is 137 cm³/mol. The van der Waals surface area contributed by atoms with Crippen LogP contribution in [0, 0.1) is 0 Å². The first-order chi connectivity index (χ1) is 16.5. The SMILES string of the molecule is CCC(O)C(OC(=O)N(CCO[Si](c1ccccc1)(c1ccccc1)C(C)(C)C)C(C)C)=C(F)F. The van der Waals surface area contributed by atoms with Crippen LogP contribution in [0.5, 0.6) is 0 Å². The van der Waals surface area contributed by atoms with E-state index in [0.717, 1.165) is 10.4 Å². The molecular weight excluding hydrogens is 468 g/mol. The van der Waals surface area contributed by atoms with Crippen molar-refractivity contribution in [3.05, 3.63) is 72.5 Å². The molecule has 1 amide bonds. The molecule has 2 rings (SSSR count). The van der Waals surface area contributed by atoms with Crippen molar-refractivity contribution in [2.75, 3.05) is 13.2 Å². The van der Waals surface area contributed by atoms with E-state index in [1.165, 1.54) is 11.8 Å². The van der Waals surface area contributed by atoms with Gasteiger partial charge in [0.25, 0.3) is 8.32 Å². The second kappa shape index (κ2) is 12.4. The Hall–Kier alpha value is -2.55. The van der Waals surface area contributed by atoms with Crippen LogP contribution >= 0.6 is 0 Å². The van der Waals surface area contributed by atoms with Crippen molar-refractivity contribution < 1.29 is 27.8 Å². The summed E-state index contributed by atoms with van der Waals surface area (Å²) in [5.74, 6) is -1.00. The number of hydrogen-bond acceptors (Lipinski definition) is 4. The summed E-state index contributed by atoms with van der Waals surface area (Å²) in [5.41, 5.74) is 0. The molecule has 0 heterocycles. The standard InChI is InChI=1S/C27H37F2NO4Si/c1-7-23(31)24(25(28)29)34-26(32)30(20(2)3)18-19-33-35(27(4,5)6,21-14-10-8-11-15-21)22-16-12-9-13-17-22/h8-17,20,23,31H,7,18-19H2,1-6H3. The van der Waals surface area contributed by atoms with Gasteiger partial charge in [0.15, 0.2) is 0 Å². The largest absolute Gasteiger partial charge is 0.415 e. The van der Waals surface area contributed by atoms with Crippen molar-refractivity contribution in [1.29, 1.82) is 0 Å². The predicted octanol–water partition coefficient (Wildman–Crippen LogP) is 5.29. The highest BCUT2D eigenvalue weighted by atomic mass is 28.4. The lowest BCUT2D eigenvalue weighted by Gasteiger charge is -2.43. The molecule has 0 radical (unpaired) electrons. The molecule has 5 nitrogen and oxygen atoms in total. The van der Waals surface area contributed by atoms with Gasteiger partial charge < -0.3 is 19.2 Å². The van der Waals surface area contributed by atoms with Crippen LogP contribution in [0.25, 0.3) is 0 Å². The van der Waals surface area contributed by atoms with Crippen molar-refractivity contribution in [2.24, 2.45) is 0 Å². The van der Waals surface area contributed by atoms with Gasteiger partial charge >= 0.3 is 12.2 Å². The number of aliphatic hydroxyl groups is 1. The quantitative estimate of drug-likeness (QED) is 0.352. The molecule has 0 saturated carbocycles. The fourth-order valence-corrected chi connectivity index (χ4v) is 8.74. The van der Waals surface area contributed by atoms with Gasteiger partial charge in [-0.1, -0.05) is 88.4 Å². The minimum Gasteiger partial charge on any atom is -0.406 e. The monoisotopic (exact) mass is 505 g/mol. The van der Waals surface area contributed by atoms with Crippen LogP contribution in [0.2, 0.25) is 5.04 Å². The number of carbonyl (C=O) groups is 1. The number of nitrogens with zero attached hydrogens (tertiary/aromatic N) is 1. The Kier molecular flexibility index (Phi) is 10.2. The number of carbonyl (C=O) groups excluding carboxylic acids is 1. The zero-order chi connectivity index (χ0) is 26.2. The van der Waals surface area contributed by atoms with Crippen LogP contribution in [0.3, 0.4) is 0 Å².